The highest BCUT2D eigenvalue weighted by atomic mass is 16.5. The van der Waals surface area contributed by atoms with Gasteiger partial charge in [0, 0.05) is 43.7 Å². The normalized spacial score (nSPS) is 14.7. The molecule has 144 valence electrons. The van der Waals surface area contributed by atoms with Crippen molar-refractivity contribution in [1.82, 2.24) is 25.1 Å². The Morgan fingerprint density at radius 1 is 1.11 bits per heavy atom. The molecule has 8 nitrogen and oxygen atoms in total. The molecule has 28 heavy (non-hydrogen) atoms. The number of piperidine rings is 1. The highest BCUT2D eigenvalue weighted by molar-refractivity contribution is 5.92. The van der Waals surface area contributed by atoms with Gasteiger partial charge in [-0.05, 0) is 31.0 Å². The number of hydrogen-bond donors (Lipinski definition) is 1. The molecule has 3 aromatic rings. The van der Waals surface area contributed by atoms with Gasteiger partial charge in [0.25, 0.3) is 5.91 Å². The van der Waals surface area contributed by atoms with E-state index in [-0.39, 0.29) is 11.8 Å². The van der Waals surface area contributed by atoms with Crippen LogP contribution in [0.5, 0.6) is 17.4 Å². The van der Waals surface area contributed by atoms with Crippen LogP contribution < -0.4 is 9.47 Å². The Labute approximate surface area is 162 Å². The average molecular weight is 379 g/mol. The van der Waals surface area contributed by atoms with Crippen LogP contribution in [0.1, 0.15) is 34.9 Å². The maximum Gasteiger partial charge on any atom is 0.271 e. The first-order valence-corrected chi connectivity index (χ1v) is 9.16. The minimum absolute atomic E-state index is 0.0250. The lowest BCUT2D eigenvalue weighted by Gasteiger charge is -2.31. The summed E-state index contributed by atoms with van der Waals surface area (Å²) in [6, 6.07) is 9.08. The van der Waals surface area contributed by atoms with Gasteiger partial charge in [0.15, 0.2) is 0 Å². The summed E-state index contributed by atoms with van der Waals surface area (Å²) in [5, 5.41) is 6.58. The Morgan fingerprint density at radius 3 is 2.64 bits per heavy atom. The topological polar surface area (TPSA) is 93.2 Å². The van der Waals surface area contributed by atoms with Crippen LogP contribution in [0.4, 0.5) is 0 Å². The summed E-state index contributed by atoms with van der Waals surface area (Å²) in [6.45, 7) is 1.30. The maximum atomic E-state index is 12.5. The van der Waals surface area contributed by atoms with E-state index in [0.717, 1.165) is 18.5 Å². The second-order valence-electron chi connectivity index (χ2n) is 6.56. The molecule has 2 aromatic heterocycles. The van der Waals surface area contributed by atoms with Crippen molar-refractivity contribution in [2.75, 3.05) is 20.2 Å². The lowest BCUT2D eigenvalue weighted by molar-refractivity contribution is 0.0705. The third kappa shape index (κ3) is 3.80. The zero-order valence-electron chi connectivity index (χ0n) is 15.5. The molecule has 1 aromatic carbocycles. The van der Waals surface area contributed by atoms with E-state index in [1.54, 1.807) is 31.8 Å². The first-order chi connectivity index (χ1) is 13.7. The highest BCUT2D eigenvalue weighted by Crippen LogP contribution is 2.34. The van der Waals surface area contributed by atoms with Crippen molar-refractivity contribution >= 4 is 5.91 Å². The number of aromatic nitrogens is 4. The molecule has 1 aliphatic rings. The molecule has 0 unspecified atom stereocenters. The molecule has 0 spiro atoms. The number of nitrogens with zero attached hydrogens (tertiary/aromatic N) is 4. The number of amides is 1. The number of aromatic amines is 1. The number of H-pyrrole nitrogens is 1. The van der Waals surface area contributed by atoms with E-state index in [0.29, 0.717) is 36.2 Å². The standard InChI is InChI=1S/C20H21N5O3/c1-27-15-3-2-4-16(13-15)28-19-18(21-9-10-22-19)14-6-11-25(12-7-14)20(26)17-5-8-23-24-17/h2-5,8-10,13-14H,6-7,11-12H2,1H3,(H,23,24). The number of carbonyl (C=O) groups excluding carboxylic acids is 1. The van der Waals surface area contributed by atoms with Crippen molar-refractivity contribution in [2.45, 2.75) is 18.8 Å². The molecular weight excluding hydrogens is 358 g/mol. The minimum Gasteiger partial charge on any atom is -0.497 e. The van der Waals surface area contributed by atoms with Crippen LogP contribution in [0.3, 0.4) is 0 Å². The number of likely N-dealkylation sites (tertiary alicyclic amines) is 1. The van der Waals surface area contributed by atoms with Gasteiger partial charge in [0.1, 0.15) is 22.9 Å². The van der Waals surface area contributed by atoms with Crippen molar-refractivity contribution in [3.8, 4) is 17.4 Å². The predicted octanol–water partition coefficient (Wildman–Crippen LogP) is 3.02. The molecule has 1 aliphatic heterocycles. The van der Waals surface area contributed by atoms with Crippen LogP contribution in [0.2, 0.25) is 0 Å². The Kier molecular flexibility index (Phi) is 5.18. The van der Waals surface area contributed by atoms with Gasteiger partial charge in [-0.3, -0.25) is 14.9 Å². The number of methoxy groups -OCH3 is 1. The van der Waals surface area contributed by atoms with E-state index in [1.807, 2.05) is 29.2 Å². The fourth-order valence-corrected chi connectivity index (χ4v) is 3.37. The molecule has 1 N–H and O–H groups in total. The maximum absolute atomic E-state index is 12.5. The molecular formula is C20H21N5O3. The molecule has 0 saturated carbocycles. The van der Waals surface area contributed by atoms with Gasteiger partial charge < -0.3 is 14.4 Å². The van der Waals surface area contributed by atoms with Crippen LogP contribution in [-0.4, -0.2) is 51.2 Å². The van der Waals surface area contributed by atoms with Crippen molar-refractivity contribution in [3.05, 3.63) is 60.3 Å². The summed E-state index contributed by atoms with van der Waals surface area (Å²) >= 11 is 0. The second-order valence-corrected chi connectivity index (χ2v) is 6.56. The van der Waals surface area contributed by atoms with Gasteiger partial charge in [-0.25, -0.2) is 4.98 Å². The molecule has 0 aliphatic carbocycles. The number of hydrogen-bond acceptors (Lipinski definition) is 6. The molecule has 1 fully saturated rings. The number of carbonyl (C=O) groups is 1. The zero-order valence-corrected chi connectivity index (χ0v) is 15.5. The first kappa shape index (κ1) is 18.0. The van der Waals surface area contributed by atoms with Crippen molar-refractivity contribution in [3.63, 3.8) is 0 Å². The van der Waals surface area contributed by atoms with E-state index in [4.69, 9.17) is 9.47 Å². The summed E-state index contributed by atoms with van der Waals surface area (Å²) in [5.41, 5.74) is 1.33. The molecule has 0 bridgehead atoms. The van der Waals surface area contributed by atoms with Gasteiger partial charge in [-0.1, -0.05) is 6.07 Å². The van der Waals surface area contributed by atoms with E-state index in [1.165, 1.54) is 0 Å². The Bertz CT molecular complexity index is 937. The fraction of sp³-hybridized carbons (Fsp3) is 0.300. The predicted molar refractivity (Wildman–Crippen MR) is 102 cm³/mol. The van der Waals surface area contributed by atoms with E-state index in [2.05, 4.69) is 20.2 Å². The van der Waals surface area contributed by atoms with E-state index in [9.17, 15) is 4.79 Å². The highest BCUT2D eigenvalue weighted by Gasteiger charge is 2.28. The average Bonchev–Trinajstić information content (AvgIpc) is 3.29. The van der Waals surface area contributed by atoms with Gasteiger partial charge in [-0.15, -0.1) is 0 Å². The van der Waals surface area contributed by atoms with Crippen LogP contribution in [-0.2, 0) is 0 Å². The van der Waals surface area contributed by atoms with Crippen LogP contribution in [0.15, 0.2) is 48.9 Å². The summed E-state index contributed by atoms with van der Waals surface area (Å²) in [7, 11) is 1.62. The molecule has 1 amide bonds. The van der Waals surface area contributed by atoms with Crippen molar-refractivity contribution in [1.29, 1.82) is 0 Å². The van der Waals surface area contributed by atoms with E-state index >= 15 is 0 Å². The number of ether oxygens (including phenoxy) is 2. The quantitative estimate of drug-likeness (QED) is 0.732. The molecule has 8 heteroatoms. The number of rotatable bonds is 5. The van der Waals surface area contributed by atoms with Gasteiger partial charge in [0.2, 0.25) is 5.88 Å². The van der Waals surface area contributed by atoms with Crippen molar-refractivity contribution in [2.24, 2.45) is 0 Å². The largest absolute Gasteiger partial charge is 0.497 e. The Balaban J connectivity index is 1.46. The van der Waals surface area contributed by atoms with Crippen LogP contribution >= 0.6 is 0 Å². The first-order valence-electron chi connectivity index (χ1n) is 9.16. The van der Waals surface area contributed by atoms with Crippen LogP contribution in [0.25, 0.3) is 0 Å². The lowest BCUT2D eigenvalue weighted by atomic mass is 9.93. The van der Waals surface area contributed by atoms with E-state index < -0.39 is 0 Å². The lowest BCUT2D eigenvalue weighted by Crippen LogP contribution is -2.38. The van der Waals surface area contributed by atoms with Gasteiger partial charge >= 0.3 is 0 Å². The third-order valence-corrected chi connectivity index (χ3v) is 4.85. The molecule has 0 atom stereocenters. The minimum atomic E-state index is -0.0250. The zero-order chi connectivity index (χ0) is 19.3. The van der Waals surface area contributed by atoms with Crippen LogP contribution in [0, 0.1) is 0 Å². The van der Waals surface area contributed by atoms with Gasteiger partial charge in [0.05, 0.1) is 7.11 Å². The SMILES string of the molecule is COc1cccc(Oc2nccnc2C2CCN(C(=O)c3ccn[nH]3)CC2)c1. The molecule has 1 saturated heterocycles. The third-order valence-electron chi connectivity index (χ3n) is 4.85. The molecule has 0 radical (unpaired) electrons. The monoisotopic (exact) mass is 379 g/mol. The summed E-state index contributed by atoms with van der Waals surface area (Å²) in [4.78, 5) is 23.2. The summed E-state index contributed by atoms with van der Waals surface area (Å²) in [6.07, 6.45) is 6.48. The smallest absolute Gasteiger partial charge is 0.271 e. The van der Waals surface area contributed by atoms with Gasteiger partial charge in [-0.2, -0.15) is 5.10 Å². The Hall–Kier alpha value is -3.42. The molecule has 3 heterocycles. The summed E-state index contributed by atoms with van der Waals surface area (Å²) in [5.74, 6) is 2.01. The fourth-order valence-electron chi connectivity index (χ4n) is 3.37. The molecule has 4 rings (SSSR count). The Morgan fingerprint density at radius 2 is 1.89 bits per heavy atom. The second kappa shape index (κ2) is 8.08. The number of nitrogens with one attached hydrogen (secondary N) is 1. The van der Waals surface area contributed by atoms with Crippen molar-refractivity contribution < 1.29 is 14.3 Å². The summed E-state index contributed by atoms with van der Waals surface area (Å²) < 4.78 is 11.2. The number of benzene rings is 1.